The van der Waals surface area contributed by atoms with Crippen molar-refractivity contribution in [2.45, 2.75) is 62.7 Å². The summed E-state index contributed by atoms with van der Waals surface area (Å²) in [5.74, 6) is -3.96. The molecule has 2 fully saturated rings. The molecule has 2 N–H and O–H groups in total. The number of nitrogens with one attached hydrogen (secondary N) is 1. The Hall–Kier alpha value is -3.34. The summed E-state index contributed by atoms with van der Waals surface area (Å²) in [6, 6.07) is 5.83. The third-order valence-corrected chi connectivity index (χ3v) is 7.89. The average Bonchev–Trinajstić information content (AvgIpc) is 2.90. The molecule has 3 amide bonds. The van der Waals surface area contributed by atoms with Crippen LogP contribution in [-0.4, -0.2) is 57.8 Å². The van der Waals surface area contributed by atoms with Crippen LogP contribution in [0, 0.1) is 11.8 Å². The lowest BCUT2D eigenvalue weighted by molar-refractivity contribution is -0.183. The Morgan fingerprint density at radius 2 is 1.85 bits per heavy atom. The molecule has 210 valence electrons. The molecule has 8 nitrogen and oxygen atoms in total. The normalized spacial score (nSPS) is 22.6. The van der Waals surface area contributed by atoms with Crippen molar-refractivity contribution in [1.82, 2.24) is 15.2 Å². The van der Waals surface area contributed by atoms with E-state index >= 15 is 0 Å². The number of carboxylic acids is 1. The number of β-lactam (4-membered cyclic amide) rings is 1. The third kappa shape index (κ3) is 5.83. The molecule has 3 atom stereocenters. The molecule has 1 saturated heterocycles. The van der Waals surface area contributed by atoms with Crippen molar-refractivity contribution in [1.29, 1.82) is 0 Å². The number of ether oxygens (including phenoxy) is 1. The van der Waals surface area contributed by atoms with E-state index in [0.717, 1.165) is 6.42 Å². The van der Waals surface area contributed by atoms with Crippen molar-refractivity contribution in [2.24, 2.45) is 11.8 Å². The molecule has 0 unspecified atom stereocenters. The largest absolute Gasteiger partial charge is 0.497 e. The Labute approximate surface area is 228 Å². The van der Waals surface area contributed by atoms with E-state index in [0.29, 0.717) is 34.6 Å². The van der Waals surface area contributed by atoms with Gasteiger partial charge in [0.05, 0.1) is 13.0 Å². The number of rotatable bonds is 8. The SMILES string of the molecule is COc1ccc(C[C@@]2(C(=O)O)[C@@H](Cc3ccnc(Cl)c3)C(=O)N2C(=O)N[C@@H](C2CCCCC2)C(F)(F)F)cc1. The van der Waals surface area contributed by atoms with Crippen molar-refractivity contribution in [2.75, 3.05) is 7.11 Å². The van der Waals surface area contributed by atoms with Gasteiger partial charge in [-0.3, -0.25) is 4.79 Å². The summed E-state index contributed by atoms with van der Waals surface area (Å²) < 4.78 is 47.3. The van der Waals surface area contributed by atoms with Gasteiger partial charge in [0, 0.05) is 12.6 Å². The highest BCUT2D eigenvalue weighted by atomic mass is 35.5. The van der Waals surface area contributed by atoms with E-state index in [1.807, 2.05) is 5.32 Å². The predicted molar refractivity (Wildman–Crippen MR) is 135 cm³/mol. The molecule has 2 aliphatic rings. The van der Waals surface area contributed by atoms with E-state index in [1.54, 1.807) is 30.3 Å². The quantitative estimate of drug-likeness (QED) is 0.342. The summed E-state index contributed by atoms with van der Waals surface area (Å²) in [6.45, 7) is 0. The summed E-state index contributed by atoms with van der Waals surface area (Å²) >= 11 is 5.97. The lowest BCUT2D eigenvalue weighted by Gasteiger charge is -2.53. The van der Waals surface area contributed by atoms with Gasteiger partial charge in [-0.15, -0.1) is 0 Å². The molecule has 12 heteroatoms. The van der Waals surface area contributed by atoms with Crippen molar-refractivity contribution in [3.8, 4) is 5.75 Å². The molecule has 39 heavy (non-hydrogen) atoms. The summed E-state index contributed by atoms with van der Waals surface area (Å²) in [4.78, 5) is 44.0. The van der Waals surface area contributed by atoms with Crippen LogP contribution in [0.1, 0.15) is 43.2 Å². The first kappa shape index (κ1) is 28.7. The van der Waals surface area contributed by atoms with E-state index in [4.69, 9.17) is 16.3 Å². The average molecular weight is 568 g/mol. The number of pyridine rings is 1. The van der Waals surface area contributed by atoms with Gasteiger partial charge >= 0.3 is 18.2 Å². The fraction of sp³-hybridized carbons (Fsp3) is 0.481. The topological polar surface area (TPSA) is 109 Å². The molecule has 1 aliphatic heterocycles. The van der Waals surface area contributed by atoms with Crippen molar-refractivity contribution < 1.29 is 37.4 Å². The number of amides is 3. The Morgan fingerprint density at radius 3 is 2.41 bits per heavy atom. The lowest BCUT2D eigenvalue weighted by Crippen LogP contribution is -2.79. The second kappa shape index (κ2) is 11.4. The third-order valence-electron chi connectivity index (χ3n) is 7.68. The number of carbonyl (C=O) groups excluding carboxylic acids is 2. The number of benzene rings is 1. The standard InChI is InChI=1S/C27H29ClF3N3O5/c1-39-19-9-7-16(8-10-19)15-26(24(36)37)20(13-17-11-12-32-21(28)14-17)23(35)34(26)25(38)33-22(27(29,30)31)18-5-3-2-4-6-18/h7-12,14,18,20,22H,2-6,13,15H2,1H3,(H,33,38)(H,36,37)/t20-,22-,26-/m0/s1. The number of hydrogen-bond acceptors (Lipinski definition) is 5. The van der Waals surface area contributed by atoms with E-state index in [1.165, 1.54) is 19.4 Å². The smallest absolute Gasteiger partial charge is 0.408 e. The molecular formula is C27H29ClF3N3O5. The number of alkyl halides is 3. The first-order valence-electron chi connectivity index (χ1n) is 12.7. The van der Waals surface area contributed by atoms with Gasteiger partial charge in [0.1, 0.15) is 16.9 Å². The van der Waals surface area contributed by atoms with Crippen LogP contribution in [0.25, 0.3) is 0 Å². The number of hydrogen-bond donors (Lipinski definition) is 2. The Balaban J connectivity index is 1.70. The summed E-state index contributed by atoms with van der Waals surface area (Å²) in [6.07, 6.45) is -1.21. The maximum atomic E-state index is 14.1. The van der Waals surface area contributed by atoms with Gasteiger partial charge in [0.2, 0.25) is 5.91 Å². The first-order valence-corrected chi connectivity index (χ1v) is 13.0. The van der Waals surface area contributed by atoms with Crippen LogP contribution in [0.15, 0.2) is 42.6 Å². The molecule has 1 saturated carbocycles. The minimum atomic E-state index is -4.76. The zero-order valence-corrected chi connectivity index (χ0v) is 22.0. The number of nitrogens with zero attached hydrogens (tertiary/aromatic N) is 2. The zero-order chi connectivity index (χ0) is 28.4. The Bertz CT molecular complexity index is 1220. The van der Waals surface area contributed by atoms with Crippen LogP contribution in [-0.2, 0) is 22.4 Å². The van der Waals surface area contributed by atoms with E-state index in [2.05, 4.69) is 4.98 Å². The monoisotopic (exact) mass is 567 g/mol. The molecule has 1 aromatic heterocycles. The van der Waals surface area contributed by atoms with Crippen LogP contribution in [0.5, 0.6) is 5.75 Å². The fourth-order valence-electron chi connectivity index (χ4n) is 5.70. The number of carbonyl (C=O) groups is 3. The molecule has 1 aromatic carbocycles. The Morgan fingerprint density at radius 1 is 1.18 bits per heavy atom. The van der Waals surface area contributed by atoms with Gasteiger partial charge in [-0.2, -0.15) is 13.2 Å². The fourth-order valence-corrected chi connectivity index (χ4v) is 5.89. The summed E-state index contributed by atoms with van der Waals surface area (Å²) in [5.41, 5.74) is -1.17. The van der Waals surface area contributed by atoms with Crippen molar-refractivity contribution in [3.05, 3.63) is 58.9 Å². The van der Waals surface area contributed by atoms with Gasteiger partial charge in [-0.25, -0.2) is 19.5 Å². The maximum Gasteiger partial charge on any atom is 0.408 e. The number of carboxylic acid groups (broad SMARTS) is 1. The lowest BCUT2D eigenvalue weighted by atomic mass is 9.67. The second-order valence-electron chi connectivity index (χ2n) is 10.0. The van der Waals surface area contributed by atoms with E-state index < -0.39 is 47.5 Å². The highest BCUT2D eigenvalue weighted by Gasteiger charge is 2.67. The van der Waals surface area contributed by atoms with Crippen molar-refractivity contribution >= 4 is 29.5 Å². The van der Waals surface area contributed by atoms with Gasteiger partial charge in [0.25, 0.3) is 0 Å². The Kier molecular flexibility index (Phi) is 8.39. The molecule has 0 spiro atoms. The maximum absolute atomic E-state index is 14.1. The number of halogens is 4. The predicted octanol–water partition coefficient (Wildman–Crippen LogP) is 5.03. The molecule has 2 heterocycles. The molecule has 2 aromatic rings. The van der Waals surface area contributed by atoms with Crippen LogP contribution in [0.3, 0.4) is 0 Å². The molecule has 0 radical (unpaired) electrons. The van der Waals surface area contributed by atoms with Gasteiger partial charge in [-0.05, 0) is 60.6 Å². The van der Waals surface area contributed by atoms with Gasteiger partial charge < -0.3 is 15.2 Å². The molecule has 1 aliphatic carbocycles. The van der Waals surface area contributed by atoms with Crippen LogP contribution in [0.2, 0.25) is 5.15 Å². The second-order valence-corrected chi connectivity index (χ2v) is 10.4. The summed E-state index contributed by atoms with van der Waals surface area (Å²) in [7, 11) is 1.46. The van der Waals surface area contributed by atoms with E-state index in [9.17, 15) is 32.7 Å². The van der Waals surface area contributed by atoms with Crippen molar-refractivity contribution in [3.63, 3.8) is 0 Å². The number of aromatic nitrogens is 1. The minimum absolute atomic E-state index is 0.0986. The highest BCUT2D eigenvalue weighted by Crippen LogP contribution is 2.44. The van der Waals surface area contributed by atoms with Crippen LogP contribution in [0.4, 0.5) is 18.0 Å². The minimum Gasteiger partial charge on any atom is -0.497 e. The molecule has 4 rings (SSSR count). The van der Waals surface area contributed by atoms with E-state index in [-0.39, 0.29) is 30.8 Å². The zero-order valence-electron chi connectivity index (χ0n) is 21.2. The number of imide groups is 1. The molecular weight excluding hydrogens is 539 g/mol. The van der Waals surface area contributed by atoms with Crippen LogP contribution >= 0.6 is 11.6 Å². The number of likely N-dealkylation sites (tertiary alicyclic amines) is 1. The first-order chi connectivity index (χ1) is 18.5. The highest BCUT2D eigenvalue weighted by molar-refractivity contribution is 6.29. The molecule has 0 bridgehead atoms. The number of urea groups is 1. The van der Waals surface area contributed by atoms with Gasteiger partial charge in [0.15, 0.2) is 5.54 Å². The van der Waals surface area contributed by atoms with Gasteiger partial charge in [-0.1, -0.05) is 43.0 Å². The summed E-state index contributed by atoms with van der Waals surface area (Å²) in [5, 5.41) is 12.6. The van der Waals surface area contributed by atoms with Crippen LogP contribution < -0.4 is 10.1 Å². The number of methoxy groups -OCH3 is 1. The number of aliphatic carboxylic acids is 1.